The summed E-state index contributed by atoms with van der Waals surface area (Å²) < 4.78 is 13.1. The monoisotopic (exact) mass is 266 g/mol. The van der Waals surface area contributed by atoms with Crippen LogP contribution in [0.4, 0.5) is 4.39 Å². The Kier molecular flexibility index (Phi) is 5.50. The van der Waals surface area contributed by atoms with Crippen molar-refractivity contribution in [1.29, 1.82) is 0 Å². The van der Waals surface area contributed by atoms with Crippen molar-refractivity contribution in [3.05, 3.63) is 35.6 Å². The second kappa shape index (κ2) is 6.49. The van der Waals surface area contributed by atoms with Crippen LogP contribution in [-0.4, -0.2) is 24.5 Å². The second-order valence-electron chi connectivity index (χ2n) is 6.54. The van der Waals surface area contributed by atoms with Crippen LogP contribution in [0.25, 0.3) is 0 Å². The lowest BCUT2D eigenvalue weighted by Crippen LogP contribution is -2.42. The topological polar surface area (TPSA) is 29.3 Å². The van der Waals surface area contributed by atoms with Crippen molar-refractivity contribution in [2.45, 2.75) is 46.2 Å². The van der Waals surface area contributed by atoms with Crippen LogP contribution in [0.5, 0.6) is 0 Å². The Balaban J connectivity index is 2.98. The molecule has 0 radical (unpaired) electrons. The fourth-order valence-corrected chi connectivity index (χ4v) is 2.56. The van der Waals surface area contributed by atoms with Crippen LogP contribution in [0.15, 0.2) is 24.3 Å². The number of hydrogen-bond acceptors (Lipinski definition) is 2. The van der Waals surface area contributed by atoms with Gasteiger partial charge in [0.2, 0.25) is 0 Å². The maximum Gasteiger partial charge on any atom is 0.123 e. The Morgan fingerprint density at radius 3 is 2.16 bits per heavy atom. The fourth-order valence-electron chi connectivity index (χ4n) is 2.56. The van der Waals surface area contributed by atoms with Crippen LogP contribution in [0.2, 0.25) is 0 Å². The summed E-state index contributed by atoms with van der Waals surface area (Å²) in [6.45, 7) is 9.67. The van der Waals surface area contributed by atoms with E-state index in [1.807, 2.05) is 12.1 Å². The first kappa shape index (κ1) is 16.1. The van der Waals surface area contributed by atoms with E-state index in [0.29, 0.717) is 0 Å². The number of halogens is 1. The molecule has 3 heteroatoms. The van der Waals surface area contributed by atoms with Gasteiger partial charge in [0.15, 0.2) is 0 Å². The van der Waals surface area contributed by atoms with Gasteiger partial charge in [0, 0.05) is 18.6 Å². The molecule has 0 heterocycles. The molecule has 2 N–H and O–H groups in total. The summed E-state index contributed by atoms with van der Waals surface area (Å²) >= 11 is 0. The van der Waals surface area contributed by atoms with E-state index in [0.717, 1.165) is 18.5 Å². The second-order valence-corrected chi connectivity index (χ2v) is 6.54. The van der Waals surface area contributed by atoms with Gasteiger partial charge in [-0.05, 0) is 36.6 Å². The Hall–Kier alpha value is -0.930. The minimum Gasteiger partial charge on any atom is -0.326 e. The lowest BCUT2D eigenvalue weighted by atomic mass is 9.91. The average Bonchev–Trinajstić information content (AvgIpc) is 2.29. The molecule has 0 aliphatic rings. The zero-order chi connectivity index (χ0) is 14.6. The van der Waals surface area contributed by atoms with Gasteiger partial charge in [-0.3, -0.25) is 4.90 Å². The van der Waals surface area contributed by atoms with Gasteiger partial charge in [-0.25, -0.2) is 4.39 Å². The maximum absolute atomic E-state index is 13.1. The van der Waals surface area contributed by atoms with E-state index in [1.54, 1.807) is 0 Å². The third kappa shape index (κ3) is 4.92. The lowest BCUT2D eigenvalue weighted by Gasteiger charge is -2.36. The molecular weight excluding hydrogens is 239 g/mol. The van der Waals surface area contributed by atoms with Crippen molar-refractivity contribution in [1.82, 2.24) is 4.90 Å². The number of nitrogens with two attached hydrogens (primary N) is 1. The Morgan fingerprint density at radius 1 is 1.21 bits per heavy atom. The molecule has 0 fully saturated rings. The Labute approximate surface area is 116 Å². The summed E-state index contributed by atoms with van der Waals surface area (Å²) in [7, 11) is 2.09. The van der Waals surface area contributed by atoms with Gasteiger partial charge in [-0.1, -0.05) is 39.8 Å². The molecule has 0 saturated carbocycles. The first-order chi connectivity index (χ1) is 8.74. The smallest absolute Gasteiger partial charge is 0.123 e. The van der Waals surface area contributed by atoms with Gasteiger partial charge in [0.25, 0.3) is 0 Å². The largest absolute Gasteiger partial charge is 0.326 e. The van der Waals surface area contributed by atoms with Crippen molar-refractivity contribution in [3.8, 4) is 0 Å². The molecule has 0 aliphatic carbocycles. The third-order valence-electron chi connectivity index (χ3n) is 3.29. The molecule has 0 amide bonds. The number of nitrogens with zero attached hydrogens (tertiary/aromatic N) is 1. The molecule has 1 aromatic rings. The van der Waals surface area contributed by atoms with Crippen LogP contribution >= 0.6 is 0 Å². The minimum atomic E-state index is -0.203. The molecule has 0 bridgehead atoms. The van der Waals surface area contributed by atoms with Crippen molar-refractivity contribution < 1.29 is 4.39 Å². The van der Waals surface area contributed by atoms with E-state index in [9.17, 15) is 4.39 Å². The van der Waals surface area contributed by atoms with Crippen molar-refractivity contribution >= 4 is 0 Å². The summed E-state index contributed by atoms with van der Waals surface area (Å²) in [5, 5.41) is 0. The lowest BCUT2D eigenvalue weighted by molar-refractivity contribution is 0.151. The van der Waals surface area contributed by atoms with Crippen LogP contribution in [0, 0.1) is 11.2 Å². The van der Waals surface area contributed by atoms with Gasteiger partial charge in [0.1, 0.15) is 5.82 Å². The summed E-state index contributed by atoms with van der Waals surface area (Å²) in [4.78, 5) is 2.28. The van der Waals surface area contributed by atoms with Gasteiger partial charge >= 0.3 is 0 Å². The summed E-state index contributed by atoms with van der Waals surface area (Å²) in [6.07, 6.45) is 0.899. The molecule has 0 spiro atoms. The molecule has 0 aliphatic heterocycles. The quantitative estimate of drug-likeness (QED) is 0.882. The zero-order valence-corrected chi connectivity index (χ0v) is 12.8. The molecule has 2 unspecified atom stereocenters. The number of benzene rings is 1. The van der Waals surface area contributed by atoms with E-state index >= 15 is 0 Å². The zero-order valence-electron chi connectivity index (χ0n) is 12.8. The Bertz CT molecular complexity index is 381. The number of hydrogen-bond donors (Lipinski definition) is 1. The van der Waals surface area contributed by atoms with Crippen LogP contribution in [-0.2, 0) is 0 Å². The van der Waals surface area contributed by atoms with Crippen LogP contribution in [0.1, 0.15) is 45.7 Å². The highest BCUT2D eigenvalue weighted by molar-refractivity contribution is 5.21. The molecule has 1 aromatic carbocycles. The molecule has 2 atom stereocenters. The molecular formula is C16H27FN2. The van der Waals surface area contributed by atoms with E-state index in [1.165, 1.54) is 12.1 Å². The summed E-state index contributed by atoms with van der Waals surface area (Å²) in [6, 6.07) is 6.89. The molecule has 1 rings (SSSR count). The van der Waals surface area contributed by atoms with Gasteiger partial charge in [-0.15, -0.1) is 0 Å². The molecule has 0 aromatic heterocycles. The number of rotatable bonds is 5. The highest BCUT2D eigenvalue weighted by Crippen LogP contribution is 2.27. The summed E-state index contributed by atoms with van der Waals surface area (Å²) in [5.74, 6) is -0.203. The predicted octanol–water partition coefficient (Wildman–Crippen LogP) is 3.58. The highest BCUT2D eigenvalue weighted by Gasteiger charge is 2.26. The van der Waals surface area contributed by atoms with E-state index in [-0.39, 0.29) is 23.3 Å². The highest BCUT2D eigenvalue weighted by atomic mass is 19.1. The van der Waals surface area contributed by atoms with Crippen LogP contribution < -0.4 is 5.73 Å². The van der Waals surface area contributed by atoms with Crippen molar-refractivity contribution in [2.75, 3.05) is 13.6 Å². The first-order valence-corrected chi connectivity index (χ1v) is 6.96. The van der Waals surface area contributed by atoms with Crippen molar-refractivity contribution in [3.63, 3.8) is 0 Å². The molecule has 19 heavy (non-hydrogen) atoms. The molecule has 0 saturated heterocycles. The van der Waals surface area contributed by atoms with Crippen molar-refractivity contribution in [2.24, 2.45) is 11.1 Å². The van der Waals surface area contributed by atoms with Gasteiger partial charge in [-0.2, -0.15) is 0 Å². The van der Waals surface area contributed by atoms with E-state index in [4.69, 9.17) is 5.73 Å². The molecule has 108 valence electrons. The summed E-state index contributed by atoms with van der Waals surface area (Å²) in [5.41, 5.74) is 7.57. The Morgan fingerprint density at radius 2 is 1.74 bits per heavy atom. The third-order valence-corrected chi connectivity index (χ3v) is 3.29. The first-order valence-electron chi connectivity index (χ1n) is 6.96. The average molecular weight is 266 g/mol. The fraction of sp³-hybridized carbons (Fsp3) is 0.625. The maximum atomic E-state index is 13.1. The predicted molar refractivity (Wildman–Crippen MR) is 79.5 cm³/mol. The minimum absolute atomic E-state index is 0.0535. The normalized spacial score (nSPS) is 15.6. The van der Waals surface area contributed by atoms with E-state index in [2.05, 4.69) is 39.6 Å². The van der Waals surface area contributed by atoms with Gasteiger partial charge < -0.3 is 5.73 Å². The van der Waals surface area contributed by atoms with Gasteiger partial charge in [0.05, 0.1) is 0 Å². The number of likely N-dealkylation sites (N-methyl/N-ethyl adjacent to an activating group) is 1. The van der Waals surface area contributed by atoms with E-state index < -0.39 is 0 Å². The van der Waals surface area contributed by atoms with Crippen LogP contribution in [0.3, 0.4) is 0 Å². The standard InChI is InChI=1S/C16H27FN2/c1-6-14(18)15(19(5)11-16(2,3)4)12-7-9-13(17)10-8-12/h7-10,14-15H,6,11,18H2,1-5H3. The SMILES string of the molecule is CCC(N)C(c1ccc(F)cc1)N(C)CC(C)(C)C. The molecule has 2 nitrogen and oxygen atoms in total.